The monoisotopic (exact) mass is 239 g/mol. The van der Waals surface area contributed by atoms with E-state index in [1.165, 1.54) is 0 Å². The predicted octanol–water partition coefficient (Wildman–Crippen LogP) is 2.36. The molecule has 3 rings (SSSR count). The number of halogens is 1. The quantitative estimate of drug-likeness (QED) is 0.701. The predicted molar refractivity (Wildman–Crippen MR) is 62.0 cm³/mol. The Morgan fingerprint density at radius 3 is 2.53 bits per heavy atom. The summed E-state index contributed by atoms with van der Waals surface area (Å²) in [5.41, 5.74) is 0.768. The van der Waals surface area contributed by atoms with Crippen LogP contribution in [0.5, 0.6) is 0 Å². The van der Waals surface area contributed by atoms with Gasteiger partial charge in [0.15, 0.2) is 5.79 Å². The van der Waals surface area contributed by atoms with Crippen molar-refractivity contribution in [2.45, 2.75) is 31.5 Å². The highest BCUT2D eigenvalue weighted by molar-refractivity contribution is 5.25. The molecule has 3 nitrogen and oxygen atoms in total. The van der Waals surface area contributed by atoms with Crippen molar-refractivity contribution in [1.82, 2.24) is 4.90 Å². The zero-order chi connectivity index (χ0) is 11.7. The summed E-state index contributed by atoms with van der Waals surface area (Å²) in [5, 5.41) is 0. The highest BCUT2D eigenvalue weighted by Gasteiger charge is 2.40. The maximum absolute atomic E-state index is 13.7. The zero-order valence-electron chi connectivity index (χ0n) is 9.95. The van der Waals surface area contributed by atoms with Crippen molar-refractivity contribution in [3.63, 3.8) is 0 Å². The Morgan fingerprint density at radius 2 is 1.88 bits per heavy atom. The molecule has 0 radical (unpaired) electrons. The molecule has 4 heteroatoms. The van der Waals surface area contributed by atoms with Gasteiger partial charge in [0.2, 0.25) is 0 Å². The van der Waals surface area contributed by atoms with Crippen LogP contribution in [0.3, 0.4) is 0 Å². The fourth-order valence-electron chi connectivity index (χ4n) is 2.77. The molecule has 0 unspecified atom stereocenters. The third-order valence-corrected chi connectivity index (χ3v) is 3.76. The van der Waals surface area contributed by atoms with Crippen molar-refractivity contribution in [1.29, 1.82) is 0 Å². The van der Waals surface area contributed by atoms with E-state index in [0.717, 1.165) is 38.0 Å². The third-order valence-electron chi connectivity index (χ3n) is 3.76. The van der Waals surface area contributed by atoms with E-state index in [2.05, 4.69) is 4.90 Å². The average Bonchev–Trinajstić information content (AvgIpc) is 2.80. The molecule has 0 atom stereocenters. The molecular weight excluding hydrogens is 221 g/mol. The molecule has 2 saturated heterocycles. The van der Waals surface area contributed by atoms with Gasteiger partial charge in [-0.1, -0.05) is 6.08 Å². The van der Waals surface area contributed by atoms with Crippen LogP contribution in [0, 0.1) is 0 Å². The first kappa shape index (κ1) is 11.2. The molecule has 0 aromatic carbocycles. The van der Waals surface area contributed by atoms with Crippen molar-refractivity contribution in [2.24, 2.45) is 0 Å². The topological polar surface area (TPSA) is 21.7 Å². The molecule has 17 heavy (non-hydrogen) atoms. The van der Waals surface area contributed by atoms with Crippen LogP contribution >= 0.6 is 0 Å². The number of likely N-dealkylation sites (tertiary alicyclic amines) is 1. The molecule has 0 saturated carbocycles. The Bertz CT molecular complexity index is 348. The largest absolute Gasteiger partial charge is 0.369 e. The second-order valence-electron chi connectivity index (χ2n) is 4.83. The first-order valence-corrected chi connectivity index (χ1v) is 6.37. The highest BCUT2D eigenvalue weighted by atomic mass is 19.1. The highest BCUT2D eigenvalue weighted by Crippen LogP contribution is 2.34. The van der Waals surface area contributed by atoms with Crippen LogP contribution in [0.2, 0.25) is 0 Å². The van der Waals surface area contributed by atoms with Gasteiger partial charge in [0, 0.05) is 32.4 Å². The number of nitrogens with zero attached hydrogens (tertiary/aromatic N) is 1. The first-order valence-electron chi connectivity index (χ1n) is 6.37. The van der Waals surface area contributed by atoms with E-state index in [4.69, 9.17) is 9.47 Å². The lowest BCUT2D eigenvalue weighted by Gasteiger charge is -2.39. The molecule has 2 aliphatic heterocycles. The summed E-state index contributed by atoms with van der Waals surface area (Å²) < 4.78 is 25.1. The molecule has 0 amide bonds. The van der Waals surface area contributed by atoms with Gasteiger partial charge in [0.1, 0.15) is 5.83 Å². The average molecular weight is 239 g/mol. The van der Waals surface area contributed by atoms with Gasteiger partial charge < -0.3 is 14.4 Å². The fourth-order valence-corrected chi connectivity index (χ4v) is 2.77. The summed E-state index contributed by atoms with van der Waals surface area (Å²) in [4.78, 5) is 2.11. The number of hydrogen-bond acceptors (Lipinski definition) is 3. The SMILES string of the molecule is FC1=C(N2CCC3(CC2)OCCO3)C=CCC1. The fraction of sp³-hybridized carbons (Fsp3) is 0.692. The number of rotatable bonds is 1. The molecule has 0 aromatic rings. The van der Waals surface area contributed by atoms with Crippen LogP contribution in [0.25, 0.3) is 0 Å². The van der Waals surface area contributed by atoms with Gasteiger partial charge in [-0.3, -0.25) is 0 Å². The summed E-state index contributed by atoms with van der Waals surface area (Å²) in [6, 6.07) is 0. The van der Waals surface area contributed by atoms with Crippen LogP contribution < -0.4 is 0 Å². The summed E-state index contributed by atoms with van der Waals surface area (Å²) in [6.45, 7) is 3.01. The molecule has 3 aliphatic rings. The number of hydrogen-bond donors (Lipinski definition) is 0. The molecule has 94 valence electrons. The van der Waals surface area contributed by atoms with Crippen molar-refractivity contribution in [3.8, 4) is 0 Å². The second kappa shape index (κ2) is 4.42. The molecule has 2 fully saturated rings. The molecule has 1 spiro atoms. The molecular formula is C13H18FNO2. The number of ether oxygens (including phenoxy) is 2. The Morgan fingerprint density at radius 1 is 1.18 bits per heavy atom. The van der Waals surface area contributed by atoms with Crippen molar-refractivity contribution in [3.05, 3.63) is 23.7 Å². The Balaban J connectivity index is 1.67. The van der Waals surface area contributed by atoms with Crippen molar-refractivity contribution in [2.75, 3.05) is 26.3 Å². The maximum Gasteiger partial charge on any atom is 0.171 e. The minimum atomic E-state index is -0.369. The Kier molecular flexibility index (Phi) is 2.92. The summed E-state index contributed by atoms with van der Waals surface area (Å²) in [5.74, 6) is -0.344. The summed E-state index contributed by atoms with van der Waals surface area (Å²) in [6.07, 6.45) is 6.98. The Labute approximate surface area is 101 Å². The maximum atomic E-state index is 13.7. The molecule has 0 N–H and O–H groups in total. The Hall–Kier alpha value is -0.870. The first-order chi connectivity index (χ1) is 8.29. The molecule has 2 heterocycles. The summed E-state index contributed by atoms with van der Waals surface area (Å²) in [7, 11) is 0. The van der Waals surface area contributed by atoms with E-state index in [0.29, 0.717) is 19.6 Å². The van der Waals surface area contributed by atoms with Gasteiger partial charge in [0.25, 0.3) is 0 Å². The molecule has 0 aromatic heterocycles. The third kappa shape index (κ3) is 2.11. The van der Waals surface area contributed by atoms with E-state index < -0.39 is 0 Å². The summed E-state index contributed by atoms with van der Waals surface area (Å²) >= 11 is 0. The normalized spacial score (nSPS) is 28.2. The number of piperidine rings is 1. The van der Waals surface area contributed by atoms with Gasteiger partial charge in [-0.25, -0.2) is 4.39 Å². The smallest absolute Gasteiger partial charge is 0.171 e. The van der Waals surface area contributed by atoms with Gasteiger partial charge >= 0.3 is 0 Å². The van der Waals surface area contributed by atoms with Gasteiger partial charge in [-0.15, -0.1) is 0 Å². The van der Waals surface area contributed by atoms with Crippen LogP contribution in [0.1, 0.15) is 25.7 Å². The van der Waals surface area contributed by atoms with Gasteiger partial charge in [-0.2, -0.15) is 0 Å². The lowest BCUT2D eigenvalue weighted by Crippen LogP contribution is -2.44. The lowest BCUT2D eigenvalue weighted by atomic mass is 10.0. The van der Waals surface area contributed by atoms with Gasteiger partial charge in [0.05, 0.1) is 18.9 Å². The molecule has 1 aliphatic carbocycles. The standard InChI is InChI=1S/C13H18FNO2/c14-11-3-1-2-4-12(11)15-7-5-13(6-8-15)16-9-10-17-13/h2,4H,1,3,5-10H2. The van der Waals surface area contributed by atoms with E-state index >= 15 is 0 Å². The lowest BCUT2D eigenvalue weighted by molar-refractivity contribution is -0.182. The van der Waals surface area contributed by atoms with Crippen molar-refractivity contribution < 1.29 is 13.9 Å². The van der Waals surface area contributed by atoms with E-state index in [9.17, 15) is 4.39 Å². The van der Waals surface area contributed by atoms with Crippen LogP contribution in [-0.2, 0) is 9.47 Å². The van der Waals surface area contributed by atoms with Crippen LogP contribution in [0.4, 0.5) is 4.39 Å². The van der Waals surface area contributed by atoms with E-state index in [1.807, 2.05) is 12.2 Å². The van der Waals surface area contributed by atoms with Gasteiger partial charge in [-0.05, 0) is 12.5 Å². The van der Waals surface area contributed by atoms with E-state index in [-0.39, 0.29) is 11.6 Å². The minimum Gasteiger partial charge on any atom is -0.369 e. The molecule has 0 bridgehead atoms. The minimum absolute atomic E-state index is 0.0247. The zero-order valence-corrected chi connectivity index (χ0v) is 9.95. The van der Waals surface area contributed by atoms with Crippen LogP contribution in [-0.4, -0.2) is 37.0 Å². The van der Waals surface area contributed by atoms with Crippen LogP contribution in [0.15, 0.2) is 23.7 Å². The number of allylic oxidation sites excluding steroid dienone is 3. The second-order valence-corrected chi connectivity index (χ2v) is 4.83. The van der Waals surface area contributed by atoms with E-state index in [1.54, 1.807) is 0 Å². The van der Waals surface area contributed by atoms with Crippen molar-refractivity contribution >= 4 is 0 Å².